The van der Waals surface area contributed by atoms with Crippen molar-refractivity contribution in [2.75, 3.05) is 5.32 Å². The van der Waals surface area contributed by atoms with Crippen LogP contribution in [-0.4, -0.2) is 21.2 Å². The number of nitrogens with one attached hydrogen (secondary N) is 1. The number of rotatable bonds is 3. The normalized spacial score (nSPS) is 16.1. The number of hydrogen-bond donors (Lipinski definition) is 1. The van der Waals surface area contributed by atoms with E-state index in [0.717, 1.165) is 10.1 Å². The zero-order chi connectivity index (χ0) is 19.9. The summed E-state index contributed by atoms with van der Waals surface area (Å²) >= 11 is 0. The Morgan fingerprint density at radius 3 is 2.33 bits per heavy atom. The number of allylic oxidation sites excluding steroid dienone is 1. The van der Waals surface area contributed by atoms with Gasteiger partial charge < -0.3 is 10.1 Å². The Kier molecular flexibility index (Phi) is 4.78. The van der Waals surface area contributed by atoms with Crippen molar-refractivity contribution < 1.29 is 9.53 Å². The lowest BCUT2D eigenvalue weighted by atomic mass is 9.82. The SMILES string of the molecule is CC1=C(C(=O)OC(C)C)C(c2ccccc2)c2c(n(C)c(=O)n(C)c2=O)N1. The van der Waals surface area contributed by atoms with Crippen molar-refractivity contribution in [2.45, 2.75) is 32.8 Å². The predicted molar refractivity (Wildman–Crippen MR) is 103 cm³/mol. The minimum absolute atomic E-state index is 0.293. The molecule has 1 unspecified atom stereocenters. The molecule has 27 heavy (non-hydrogen) atoms. The highest BCUT2D eigenvalue weighted by Gasteiger charge is 2.37. The van der Waals surface area contributed by atoms with Crippen LogP contribution in [0.5, 0.6) is 0 Å². The third-order valence-electron chi connectivity index (χ3n) is 4.68. The molecule has 7 nitrogen and oxygen atoms in total. The molecule has 2 aromatic rings. The van der Waals surface area contributed by atoms with Gasteiger partial charge in [0.2, 0.25) is 0 Å². The predicted octanol–water partition coefficient (Wildman–Crippen LogP) is 1.87. The van der Waals surface area contributed by atoms with Gasteiger partial charge in [-0.05, 0) is 26.3 Å². The second kappa shape index (κ2) is 6.90. The van der Waals surface area contributed by atoms with Crippen LogP contribution >= 0.6 is 0 Å². The summed E-state index contributed by atoms with van der Waals surface area (Å²) in [4.78, 5) is 38.2. The summed E-state index contributed by atoms with van der Waals surface area (Å²) in [7, 11) is 3.03. The number of benzene rings is 1. The highest BCUT2D eigenvalue weighted by molar-refractivity contribution is 5.94. The van der Waals surface area contributed by atoms with Gasteiger partial charge in [0, 0.05) is 19.8 Å². The van der Waals surface area contributed by atoms with Crippen LogP contribution in [0.4, 0.5) is 5.82 Å². The van der Waals surface area contributed by atoms with Gasteiger partial charge >= 0.3 is 11.7 Å². The van der Waals surface area contributed by atoms with Crippen LogP contribution in [0.1, 0.15) is 37.8 Å². The average Bonchev–Trinajstić information content (AvgIpc) is 2.63. The van der Waals surface area contributed by atoms with E-state index in [1.807, 2.05) is 30.3 Å². The summed E-state index contributed by atoms with van der Waals surface area (Å²) in [6, 6.07) is 9.29. The molecule has 142 valence electrons. The molecule has 7 heteroatoms. The monoisotopic (exact) mass is 369 g/mol. The smallest absolute Gasteiger partial charge is 0.337 e. The first-order valence-corrected chi connectivity index (χ1v) is 8.77. The molecule has 0 spiro atoms. The minimum atomic E-state index is -0.626. The van der Waals surface area contributed by atoms with E-state index in [1.165, 1.54) is 11.6 Å². The molecule has 3 rings (SSSR count). The van der Waals surface area contributed by atoms with Gasteiger partial charge in [-0.3, -0.25) is 13.9 Å². The Morgan fingerprint density at radius 2 is 1.74 bits per heavy atom. The fourth-order valence-electron chi connectivity index (χ4n) is 3.41. The van der Waals surface area contributed by atoms with E-state index < -0.39 is 23.1 Å². The maximum atomic E-state index is 13.0. The van der Waals surface area contributed by atoms with Crippen LogP contribution in [0.3, 0.4) is 0 Å². The first-order valence-electron chi connectivity index (χ1n) is 8.77. The number of carbonyl (C=O) groups excluding carboxylic acids is 1. The lowest BCUT2D eigenvalue weighted by Crippen LogP contribution is -2.43. The summed E-state index contributed by atoms with van der Waals surface area (Å²) in [6.07, 6.45) is -0.293. The van der Waals surface area contributed by atoms with Gasteiger partial charge in [0.1, 0.15) is 5.82 Å². The zero-order valence-corrected chi connectivity index (χ0v) is 16.1. The van der Waals surface area contributed by atoms with Crippen LogP contribution in [0.15, 0.2) is 51.2 Å². The van der Waals surface area contributed by atoms with E-state index in [0.29, 0.717) is 22.7 Å². The summed E-state index contributed by atoms with van der Waals surface area (Å²) in [5.74, 6) is -0.708. The maximum absolute atomic E-state index is 13.0. The van der Waals surface area contributed by atoms with E-state index in [9.17, 15) is 14.4 Å². The van der Waals surface area contributed by atoms with Crippen molar-refractivity contribution in [1.82, 2.24) is 9.13 Å². The molecule has 1 N–H and O–H groups in total. The molecule has 0 radical (unpaired) electrons. The first-order chi connectivity index (χ1) is 12.7. The van der Waals surface area contributed by atoms with E-state index in [1.54, 1.807) is 27.8 Å². The van der Waals surface area contributed by atoms with E-state index in [4.69, 9.17) is 4.74 Å². The van der Waals surface area contributed by atoms with Crippen LogP contribution in [0, 0.1) is 0 Å². The van der Waals surface area contributed by atoms with Gasteiger partial charge in [0.15, 0.2) is 0 Å². The minimum Gasteiger partial charge on any atom is -0.460 e. The molecule has 1 aromatic heterocycles. The standard InChI is InChI=1S/C20H23N3O4/c1-11(2)27-19(25)14-12(3)21-17-16(15(14)13-9-7-6-8-10-13)18(24)23(5)20(26)22(17)4/h6-11,15,21H,1-5H3. The van der Waals surface area contributed by atoms with Gasteiger partial charge in [0.25, 0.3) is 5.56 Å². The molecule has 0 bridgehead atoms. The molecule has 0 aliphatic carbocycles. The Hall–Kier alpha value is -3.09. The number of hydrogen-bond acceptors (Lipinski definition) is 5. The molecule has 1 aliphatic heterocycles. The quantitative estimate of drug-likeness (QED) is 0.835. The fraction of sp³-hybridized carbons (Fsp3) is 0.350. The van der Waals surface area contributed by atoms with Crippen molar-refractivity contribution in [1.29, 1.82) is 0 Å². The van der Waals surface area contributed by atoms with Gasteiger partial charge in [-0.25, -0.2) is 9.59 Å². The molecular weight excluding hydrogens is 346 g/mol. The Bertz CT molecular complexity index is 1050. The highest BCUT2D eigenvalue weighted by Crippen LogP contribution is 2.39. The van der Waals surface area contributed by atoms with Gasteiger partial charge in [0.05, 0.1) is 23.2 Å². The lowest BCUT2D eigenvalue weighted by Gasteiger charge is -2.31. The summed E-state index contributed by atoms with van der Waals surface area (Å²) in [6.45, 7) is 5.30. The van der Waals surface area contributed by atoms with Crippen molar-refractivity contribution in [3.8, 4) is 0 Å². The average molecular weight is 369 g/mol. The van der Waals surface area contributed by atoms with Crippen LogP contribution in [0.2, 0.25) is 0 Å². The molecule has 1 atom stereocenters. The summed E-state index contributed by atoms with van der Waals surface area (Å²) in [5.41, 5.74) is 1.21. The Morgan fingerprint density at radius 1 is 1.11 bits per heavy atom. The van der Waals surface area contributed by atoms with Crippen LogP contribution < -0.4 is 16.6 Å². The Balaban J connectivity index is 2.35. The highest BCUT2D eigenvalue weighted by atomic mass is 16.5. The van der Waals surface area contributed by atoms with E-state index in [-0.39, 0.29) is 6.10 Å². The topological polar surface area (TPSA) is 82.3 Å². The third kappa shape index (κ3) is 3.09. The van der Waals surface area contributed by atoms with Gasteiger partial charge in [-0.15, -0.1) is 0 Å². The molecule has 0 amide bonds. The van der Waals surface area contributed by atoms with Crippen LogP contribution in [-0.2, 0) is 23.6 Å². The number of carbonyl (C=O) groups is 1. The number of esters is 1. The molecule has 0 saturated heterocycles. The Labute approximate surface area is 156 Å². The van der Waals surface area contributed by atoms with Gasteiger partial charge in [-0.1, -0.05) is 30.3 Å². The first kappa shape index (κ1) is 18.7. The molecular formula is C20H23N3O4. The van der Waals surface area contributed by atoms with Crippen molar-refractivity contribution in [2.24, 2.45) is 14.1 Å². The fourth-order valence-corrected chi connectivity index (χ4v) is 3.41. The third-order valence-corrected chi connectivity index (χ3v) is 4.68. The molecule has 2 heterocycles. The number of fused-ring (bicyclic) bond motifs is 1. The second-order valence-electron chi connectivity index (χ2n) is 6.93. The number of aromatic nitrogens is 2. The molecule has 0 fully saturated rings. The molecule has 1 aromatic carbocycles. The van der Waals surface area contributed by atoms with Crippen molar-refractivity contribution >= 4 is 11.8 Å². The van der Waals surface area contributed by atoms with Crippen molar-refractivity contribution in [3.05, 3.63) is 73.6 Å². The largest absolute Gasteiger partial charge is 0.460 e. The van der Waals surface area contributed by atoms with Gasteiger partial charge in [-0.2, -0.15) is 0 Å². The summed E-state index contributed by atoms with van der Waals surface area (Å²) < 4.78 is 7.88. The zero-order valence-electron chi connectivity index (χ0n) is 16.1. The second-order valence-corrected chi connectivity index (χ2v) is 6.93. The summed E-state index contributed by atoms with van der Waals surface area (Å²) in [5, 5.41) is 3.07. The molecule has 1 aliphatic rings. The number of anilines is 1. The van der Waals surface area contributed by atoms with E-state index in [2.05, 4.69) is 5.32 Å². The van der Waals surface area contributed by atoms with Crippen LogP contribution in [0.25, 0.3) is 0 Å². The number of ether oxygens (including phenoxy) is 1. The number of nitrogens with zero attached hydrogens (tertiary/aromatic N) is 2. The maximum Gasteiger partial charge on any atom is 0.337 e. The molecule has 0 saturated carbocycles. The van der Waals surface area contributed by atoms with E-state index >= 15 is 0 Å². The lowest BCUT2D eigenvalue weighted by molar-refractivity contribution is -0.143. The van der Waals surface area contributed by atoms with Crippen molar-refractivity contribution in [3.63, 3.8) is 0 Å².